The number of nitrogens with one attached hydrogen (secondary N) is 1. The molecule has 1 aliphatic heterocycles. The van der Waals surface area contributed by atoms with Crippen molar-refractivity contribution in [2.75, 3.05) is 31.6 Å². The van der Waals surface area contributed by atoms with Crippen LogP contribution in [0.3, 0.4) is 0 Å². The second-order valence-electron chi connectivity index (χ2n) is 6.39. The molecule has 0 unspecified atom stereocenters. The molecule has 8 heteroatoms. The molecule has 28 heavy (non-hydrogen) atoms. The summed E-state index contributed by atoms with van der Waals surface area (Å²) in [5.41, 5.74) is 2.17. The van der Waals surface area contributed by atoms with Crippen LogP contribution in [0.5, 0.6) is 0 Å². The molecular weight excluding hydrogens is 383 g/mol. The van der Waals surface area contributed by atoms with Gasteiger partial charge in [-0.3, -0.25) is 4.79 Å². The van der Waals surface area contributed by atoms with Gasteiger partial charge in [-0.1, -0.05) is 29.8 Å². The Labute approximate surface area is 163 Å². The Morgan fingerprint density at radius 1 is 1.14 bits per heavy atom. The zero-order valence-electron chi connectivity index (χ0n) is 15.4. The summed E-state index contributed by atoms with van der Waals surface area (Å²) in [6.07, 6.45) is 2.98. The molecule has 1 N–H and O–H groups in total. The fourth-order valence-corrected chi connectivity index (χ4v) is 4.24. The van der Waals surface area contributed by atoms with Gasteiger partial charge in [-0.15, -0.1) is 0 Å². The van der Waals surface area contributed by atoms with Crippen LogP contribution in [0.1, 0.15) is 11.1 Å². The number of nitrogens with zero attached hydrogens (tertiary/aromatic N) is 1. The summed E-state index contributed by atoms with van der Waals surface area (Å²) in [6, 6.07) is 11.1. The summed E-state index contributed by atoms with van der Waals surface area (Å²) in [5, 5.41) is 2.57. The Morgan fingerprint density at radius 2 is 1.82 bits per heavy atom. The number of hydrogen-bond acceptors (Lipinski definition) is 4. The van der Waals surface area contributed by atoms with Crippen LogP contribution in [0.25, 0.3) is 6.08 Å². The lowest BCUT2D eigenvalue weighted by molar-refractivity contribution is -0.111. The minimum absolute atomic E-state index is 0.164. The highest BCUT2D eigenvalue weighted by atomic mass is 32.2. The quantitative estimate of drug-likeness (QED) is 0.778. The maximum atomic E-state index is 14.2. The number of carbonyl (C=O) groups excluding carboxylic acids is 1. The van der Waals surface area contributed by atoms with Crippen LogP contribution < -0.4 is 5.32 Å². The molecule has 1 aliphatic rings. The minimum atomic E-state index is -4.00. The molecule has 1 fully saturated rings. The van der Waals surface area contributed by atoms with E-state index in [9.17, 15) is 17.6 Å². The molecule has 0 aliphatic carbocycles. The highest BCUT2D eigenvalue weighted by Gasteiger charge is 2.29. The summed E-state index contributed by atoms with van der Waals surface area (Å²) in [5.74, 6) is -1.30. The van der Waals surface area contributed by atoms with E-state index in [0.29, 0.717) is 0 Å². The smallest absolute Gasteiger partial charge is 0.248 e. The first kappa shape index (κ1) is 20.2. The molecule has 0 radical (unpaired) electrons. The molecule has 148 valence electrons. The lowest BCUT2D eigenvalue weighted by Gasteiger charge is -2.26. The van der Waals surface area contributed by atoms with E-state index < -0.39 is 26.6 Å². The molecule has 2 aromatic carbocycles. The fraction of sp³-hybridized carbons (Fsp3) is 0.250. The first-order chi connectivity index (χ1) is 13.4. The van der Waals surface area contributed by atoms with Gasteiger partial charge in [0, 0.05) is 24.9 Å². The third kappa shape index (κ3) is 4.83. The van der Waals surface area contributed by atoms with Crippen LogP contribution in [0.2, 0.25) is 0 Å². The van der Waals surface area contributed by atoms with Gasteiger partial charge in [0.15, 0.2) is 0 Å². The van der Waals surface area contributed by atoms with Gasteiger partial charge in [-0.05, 0) is 36.8 Å². The summed E-state index contributed by atoms with van der Waals surface area (Å²) in [7, 11) is -4.00. The van der Waals surface area contributed by atoms with Crippen LogP contribution >= 0.6 is 0 Å². The van der Waals surface area contributed by atoms with Crippen molar-refractivity contribution in [2.45, 2.75) is 11.8 Å². The average molecular weight is 404 g/mol. The summed E-state index contributed by atoms with van der Waals surface area (Å²) in [6.45, 7) is 2.83. The van der Waals surface area contributed by atoms with Crippen molar-refractivity contribution in [2.24, 2.45) is 0 Å². The van der Waals surface area contributed by atoms with Crippen LogP contribution in [0, 0.1) is 12.7 Å². The number of hydrogen-bond donors (Lipinski definition) is 1. The molecule has 0 saturated carbocycles. The normalized spacial score (nSPS) is 15.6. The van der Waals surface area contributed by atoms with Crippen LogP contribution in [0.15, 0.2) is 53.4 Å². The van der Waals surface area contributed by atoms with Crippen molar-refractivity contribution in [3.8, 4) is 0 Å². The molecule has 1 saturated heterocycles. The zero-order chi connectivity index (χ0) is 20.1. The number of benzene rings is 2. The standard InChI is InChI=1S/C20H21FN2O4S/c1-15-2-4-16(5-3-15)6-9-20(24)22-17-7-8-18(21)19(14-17)28(25,26)23-10-12-27-13-11-23/h2-9,14H,10-13H2,1H3,(H,22,24). The monoisotopic (exact) mass is 404 g/mol. The van der Waals surface area contributed by atoms with E-state index >= 15 is 0 Å². The van der Waals surface area contributed by atoms with Crippen molar-refractivity contribution in [3.63, 3.8) is 0 Å². The zero-order valence-corrected chi connectivity index (χ0v) is 16.2. The van der Waals surface area contributed by atoms with Gasteiger partial charge in [0.25, 0.3) is 0 Å². The molecule has 3 rings (SSSR count). The Morgan fingerprint density at radius 3 is 2.50 bits per heavy atom. The summed E-state index contributed by atoms with van der Waals surface area (Å²) >= 11 is 0. The van der Waals surface area contributed by atoms with E-state index in [2.05, 4.69) is 5.32 Å². The second-order valence-corrected chi connectivity index (χ2v) is 8.30. The highest BCUT2D eigenvalue weighted by Crippen LogP contribution is 2.24. The first-order valence-corrected chi connectivity index (χ1v) is 10.2. The van der Waals surface area contributed by atoms with Crippen molar-refractivity contribution in [3.05, 3.63) is 65.5 Å². The van der Waals surface area contributed by atoms with E-state index in [1.807, 2.05) is 31.2 Å². The largest absolute Gasteiger partial charge is 0.379 e. The van der Waals surface area contributed by atoms with Gasteiger partial charge in [-0.2, -0.15) is 4.31 Å². The minimum Gasteiger partial charge on any atom is -0.379 e. The number of halogens is 1. The van der Waals surface area contributed by atoms with Gasteiger partial charge in [0.05, 0.1) is 13.2 Å². The van der Waals surface area contributed by atoms with E-state index in [-0.39, 0.29) is 32.0 Å². The fourth-order valence-electron chi connectivity index (χ4n) is 2.74. The van der Waals surface area contributed by atoms with Gasteiger partial charge >= 0.3 is 0 Å². The molecule has 1 heterocycles. The molecule has 1 amide bonds. The Bertz CT molecular complexity index is 982. The lowest BCUT2D eigenvalue weighted by atomic mass is 10.1. The first-order valence-electron chi connectivity index (χ1n) is 8.79. The molecular formula is C20H21FN2O4S. The topological polar surface area (TPSA) is 75.7 Å². The number of rotatable bonds is 5. The Kier molecular flexibility index (Phi) is 6.23. The number of sulfonamides is 1. The lowest BCUT2D eigenvalue weighted by Crippen LogP contribution is -2.40. The van der Waals surface area contributed by atoms with Gasteiger partial charge in [0.2, 0.25) is 15.9 Å². The summed E-state index contributed by atoms with van der Waals surface area (Å²) in [4.78, 5) is 11.7. The third-order valence-electron chi connectivity index (χ3n) is 4.29. The Hall–Kier alpha value is -2.55. The molecule has 0 bridgehead atoms. The number of anilines is 1. The van der Waals surface area contributed by atoms with Crippen molar-refractivity contribution < 1.29 is 22.3 Å². The molecule has 0 aromatic heterocycles. The maximum absolute atomic E-state index is 14.2. The molecule has 6 nitrogen and oxygen atoms in total. The summed E-state index contributed by atoms with van der Waals surface area (Å²) < 4.78 is 45.9. The van der Waals surface area contributed by atoms with E-state index in [4.69, 9.17) is 4.74 Å². The van der Waals surface area contributed by atoms with E-state index in [1.54, 1.807) is 6.08 Å². The van der Waals surface area contributed by atoms with Crippen LogP contribution in [-0.4, -0.2) is 44.9 Å². The second kappa shape index (κ2) is 8.64. The van der Waals surface area contributed by atoms with Crippen molar-refractivity contribution in [1.82, 2.24) is 4.31 Å². The average Bonchev–Trinajstić information content (AvgIpc) is 2.69. The van der Waals surface area contributed by atoms with Gasteiger partial charge in [-0.25, -0.2) is 12.8 Å². The highest BCUT2D eigenvalue weighted by molar-refractivity contribution is 7.89. The van der Waals surface area contributed by atoms with Gasteiger partial charge < -0.3 is 10.1 Å². The predicted octanol–water partition coefficient (Wildman–Crippen LogP) is 2.81. The number of carbonyl (C=O) groups is 1. The van der Waals surface area contributed by atoms with Crippen LogP contribution in [0.4, 0.5) is 10.1 Å². The number of aryl methyl sites for hydroxylation is 1. The molecule has 2 aromatic rings. The van der Waals surface area contributed by atoms with Crippen LogP contribution in [-0.2, 0) is 19.6 Å². The molecule has 0 spiro atoms. The SMILES string of the molecule is Cc1ccc(C=CC(=O)Nc2ccc(F)c(S(=O)(=O)N3CCOCC3)c2)cc1. The number of morpholine rings is 1. The predicted molar refractivity (Wildman–Crippen MR) is 105 cm³/mol. The van der Waals surface area contributed by atoms with Crippen molar-refractivity contribution in [1.29, 1.82) is 0 Å². The number of amides is 1. The van der Waals surface area contributed by atoms with E-state index in [0.717, 1.165) is 23.3 Å². The Balaban J connectivity index is 1.75. The van der Waals surface area contributed by atoms with Gasteiger partial charge in [0.1, 0.15) is 10.7 Å². The van der Waals surface area contributed by atoms with Crippen molar-refractivity contribution >= 4 is 27.7 Å². The maximum Gasteiger partial charge on any atom is 0.248 e. The molecule has 0 atom stereocenters. The number of ether oxygens (including phenoxy) is 1. The van der Waals surface area contributed by atoms with E-state index in [1.165, 1.54) is 16.4 Å². The third-order valence-corrected chi connectivity index (χ3v) is 6.20.